The Morgan fingerprint density at radius 2 is 1.85 bits per heavy atom. The predicted molar refractivity (Wildman–Crippen MR) is 103 cm³/mol. The number of rotatable bonds is 6. The second-order valence-electron chi connectivity index (χ2n) is 6.28. The van der Waals surface area contributed by atoms with E-state index in [0.29, 0.717) is 22.8 Å². The Bertz CT molecular complexity index is 872. The maximum absolute atomic E-state index is 12.6. The Labute approximate surface area is 158 Å². The molecule has 0 spiro atoms. The van der Waals surface area contributed by atoms with E-state index < -0.39 is 0 Å². The third kappa shape index (κ3) is 3.51. The Hall–Kier alpha value is -3.28. The molecule has 2 aromatic rings. The molecule has 1 N–H and O–H groups in total. The van der Waals surface area contributed by atoms with Crippen molar-refractivity contribution in [1.29, 1.82) is 0 Å². The third-order valence-electron chi connectivity index (χ3n) is 4.62. The van der Waals surface area contributed by atoms with E-state index in [9.17, 15) is 9.59 Å². The van der Waals surface area contributed by atoms with Crippen molar-refractivity contribution in [3.05, 3.63) is 65.7 Å². The number of nitrogens with one attached hydrogen (secondary N) is 1. The summed E-state index contributed by atoms with van der Waals surface area (Å²) in [6, 6.07) is 12.3. The van der Waals surface area contributed by atoms with Crippen LogP contribution in [0.25, 0.3) is 5.70 Å². The zero-order valence-electron chi connectivity index (χ0n) is 15.6. The molecule has 1 unspecified atom stereocenters. The van der Waals surface area contributed by atoms with Gasteiger partial charge in [-0.3, -0.25) is 14.5 Å². The van der Waals surface area contributed by atoms with E-state index in [0.717, 1.165) is 11.1 Å². The van der Waals surface area contributed by atoms with Gasteiger partial charge in [-0.2, -0.15) is 0 Å². The largest absolute Gasteiger partial charge is 0.497 e. The van der Waals surface area contributed by atoms with E-state index in [-0.39, 0.29) is 24.4 Å². The van der Waals surface area contributed by atoms with Gasteiger partial charge >= 0.3 is 0 Å². The summed E-state index contributed by atoms with van der Waals surface area (Å²) < 4.78 is 10.6. The highest BCUT2D eigenvalue weighted by Gasteiger charge is 2.32. The average Bonchev–Trinajstić information content (AvgIpc) is 2.92. The number of hydrogen-bond donors (Lipinski definition) is 1. The second-order valence-corrected chi connectivity index (χ2v) is 6.28. The number of carbonyl (C=O) groups is 2. The highest BCUT2D eigenvalue weighted by Crippen LogP contribution is 2.31. The van der Waals surface area contributed by atoms with Gasteiger partial charge in [-0.15, -0.1) is 0 Å². The van der Waals surface area contributed by atoms with Crippen molar-refractivity contribution >= 4 is 17.5 Å². The van der Waals surface area contributed by atoms with Gasteiger partial charge in [0.15, 0.2) is 0 Å². The molecule has 2 aromatic carbocycles. The molecule has 6 heteroatoms. The van der Waals surface area contributed by atoms with Gasteiger partial charge in [0, 0.05) is 22.4 Å². The lowest BCUT2D eigenvalue weighted by molar-refractivity contribution is -0.121. The van der Waals surface area contributed by atoms with Crippen molar-refractivity contribution in [1.82, 2.24) is 10.2 Å². The van der Waals surface area contributed by atoms with Crippen LogP contribution in [0.1, 0.15) is 34.5 Å². The van der Waals surface area contributed by atoms with Crippen LogP contribution >= 0.6 is 0 Å². The highest BCUT2D eigenvalue weighted by atomic mass is 16.5. The predicted octanol–water partition coefficient (Wildman–Crippen LogP) is 3.01. The van der Waals surface area contributed by atoms with Crippen molar-refractivity contribution in [3.8, 4) is 11.5 Å². The topological polar surface area (TPSA) is 67.9 Å². The maximum Gasteiger partial charge on any atom is 0.259 e. The Morgan fingerprint density at radius 1 is 1.15 bits per heavy atom. The molecule has 1 aliphatic heterocycles. The molecule has 140 valence electrons. The fourth-order valence-corrected chi connectivity index (χ4v) is 3.19. The van der Waals surface area contributed by atoms with E-state index >= 15 is 0 Å². The second kappa shape index (κ2) is 7.53. The molecule has 1 heterocycles. The number of amides is 2. The molecule has 3 rings (SSSR count). The first kappa shape index (κ1) is 18.5. The van der Waals surface area contributed by atoms with Crippen LogP contribution in [0.5, 0.6) is 11.5 Å². The maximum atomic E-state index is 12.6. The van der Waals surface area contributed by atoms with E-state index in [2.05, 4.69) is 11.9 Å². The number of ether oxygens (including phenoxy) is 2. The first-order valence-corrected chi connectivity index (χ1v) is 8.57. The molecule has 6 nitrogen and oxygen atoms in total. The molecule has 0 aromatic heterocycles. The third-order valence-corrected chi connectivity index (χ3v) is 4.62. The molecule has 1 aliphatic rings. The van der Waals surface area contributed by atoms with Crippen molar-refractivity contribution in [2.24, 2.45) is 0 Å². The summed E-state index contributed by atoms with van der Waals surface area (Å²) in [5.74, 6) is 0.829. The van der Waals surface area contributed by atoms with Crippen LogP contribution in [-0.2, 0) is 4.79 Å². The molecule has 0 bridgehead atoms. The molecule has 27 heavy (non-hydrogen) atoms. The Balaban J connectivity index is 1.72. The number of fused-ring (bicyclic) bond motifs is 1. The van der Waals surface area contributed by atoms with Gasteiger partial charge in [0.05, 0.1) is 20.3 Å². The zero-order valence-corrected chi connectivity index (χ0v) is 15.6. The van der Waals surface area contributed by atoms with E-state index in [1.807, 2.05) is 25.1 Å². The van der Waals surface area contributed by atoms with Crippen LogP contribution in [0.2, 0.25) is 0 Å². The summed E-state index contributed by atoms with van der Waals surface area (Å²) in [4.78, 5) is 26.5. The smallest absolute Gasteiger partial charge is 0.259 e. The minimum atomic E-state index is -0.323. The number of hydrogen-bond acceptors (Lipinski definition) is 4. The normalized spacial score (nSPS) is 14.0. The molecule has 2 amide bonds. The standard InChI is InChI=1S/C21H22N2O4/c1-13(18-11-15(26-3)9-10-19(18)27-4)22-20(24)12-23-14(2)16-7-5-6-8-17(16)21(23)25/h5-11,13H,2,12H2,1,3-4H3,(H,22,24). The van der Waals surface area contributed by atoms with Crippen LogP contribution in [-0.4, -0.2) is 37.5 Å². The first-order valence-electron chi connectivity index (χ1n) is 8.57. The SMILES string of the molecule is C=C1c2ccccc2C(=O)N1CC(=O)NC(C)c1cc(OC)ccc1OC. The summed E-state index contributed by atoms with van der Waals surface area (Å²) >= 11 is 0. The van der Waals surface area contributed by atoms with Gasteiger partial charge in [-0.25, -0.2) is 0 Å². The lowest BCUT2D eigenvalue weighted by atomic mass is 10.1. The molecule has 0 fully saturated rings. The summed E-state index contributed by atoms with van der Waals surface area (Å²) in [6.07, 6.45) is 0. The molecule has 0 saturated heterocycles. The average molecular weight is 366 g/mol. The van der Waals surface area contributed by atoms with Crippen LogP contribution in [0, 0.1) is 0 Å². The van der Waals surface area contributed by atoms with E-state index in [4.69, 9.17) is 9.47 Å². The van der Waals surface area contributed by atoms with Crippen molar-refractivity contribution in [3.63, 3.8) is 0 Å². The molecule has 0 aliphatic carbocycles. The zero-order chi connectivity index (χ0) is 19.6. The van der Waals surface area contributed by atoms with Gasteiger partial charge in [0.1, 0.15) is 18.0 Å². The number of carbonyl (C=O) groups excluding carboxylic acids is 2. The van der Waals surface area contributed by atoms with E-state index in [1.54, 1.807) is 38.5 Å². The van der Waals surface area contributed by atoms with Crippen molar-refractivity contribution in [2.75, 3.05) is 20.8 Å². The quantitative estimate of drug-likeness (QED) is 0.853. The highest BCUT2D eigenvalue weighted by molar-refractivity contribution is 6.10. The molecular weight excluding hydrogens is 344 g/mol. The van der Waals surface area contributed by atoms with Crippen molar-refractivity contribution < 1.29 is 19.1 Å². The first-order chi connectivity index (χ1) is 13.0. The van der Waals surface area contributed by atoms with Crippen LogP contribution in [0.15, 0.2) is 49.0 Å². The van der Waals surface area contributed by atoms with Gasteiger partial charge < -0.3 is 14.8 Å². The van der Waals surface area contributed by atoms with Gasteiger partial charge in [0.25, 0.3) is 5.91 Å². The fourth-order valence-electron chi connectivity index (χ4n) is 3.19. The molecule has 0 radical (unpaired) electrons. The Morgan fingerprint density at radius 3 is 2.48 bits per heavy atom. The summed E-state index contributed by atoms with van der Waals surface area (Å²) in [5, 5.41) is 2.91. The number of methoxy groups -OCH3 is 2. The lowest BCUT2D eigenvalue weighted by Gasteiger charge is -2.21. The number of benzene rings is 2. The lowest BCUT2D eigenvalue weighted by Crippen LogP contribution is -2.38. The van der Waals surface area contributed by atoms with Crippen LogP contribution in [0.3, 0.4) is 0 Å². The van der Waals surface area contributed by atoms with Crippen molar-refractivity contribution in [2.45, 2.75) is 13.0 Å². The summed E-state index contributed by atoms with van der Waals surface area (Å²) in [5.41, 5.74) is 2.66. The monoisotopic (exact) mass is 366 g/mol. The van der Waals surface area contributed by atoms with Gasteiger partial charge in [0.2, 0.25) is 5.91 Å². The fraction of sp³-hybridized carbons (Fsp3) is 0.238. The summed E-state index contributed by atoms with van der Waals surface area (Å²) in [7, 11) is 3.15. The molecule has 0 saturated carbocycles. The van der Waals surface area contributed by atoms with Crippen LogP contribution in [0.4, 0.5) is 0 Å². The summed E-state index contributed by atoms with van der Waals surface area (Å²) in [6.45, 7) is 5.71. The minimum absolute atomic E-state index is 0.0943. The molecular formula is C21H22N2O4. The van der Waals surface area contributed by atoms with Crippen LogP contribution < -0.4 is 14.8 Å². The van der Waals surface area contributed by atoms with Gasteiger partial charge in [-0.05, 0) is 31.2 Å². The van der Waals surface area contributed by atoms with E-state index in [1.165, 1.54) is 4.90 Å². The number of nitrogens with zero attached hydrogens (tertiary/aromatic N) is 1. The molecule has 1 atom stereocenters. The Kier molecular flexibility index (Phi) is 5.16. The minimum Gasteiger partial charge on any atom is -0.497 e. The van der Waals surface area contributed by atoms with Gasteiger partial charge in [-0.1, -0.05) is 24.8 Å².